The molecule has 1 aliphatic rings. The molecule has 0 radical (unpaired) electrons. The number of rotatable bonds is 6. The fraction of sp³-hybridized carbons (Fsp3) is 0.846. The van der Waals surface area contributed by atoms with E-state index in [0.717, 1.165) is 19.4 Å². The van der Waals surface area contributed by atoms with E-state index < -0.39 is 17.4 Å². The van der Waals surface area contributed by atoms with Gasteiger partial charge in [0, 0.05) is 6.54 Å². The predicted molar refractivity (Wildman–Crippen MR) is 69.2 cm³/mol. The first-order valence-electron chi connectivity index (χ1n) is 6.68. The Morgan fingerprint density at radius 1 is 1.44 bits per heavy atom. The Labute approximate surface area is 108 Å². The molecule has 5 nitrogen and oxygen atoms in total. The zero-order valence-electron chi connectivity index (χ0n) is 11.5. The third kappa shape index (κ3) is 3.02. The molecule has 1 amide bonds. The smallest absolute Gasteiger partial charge is 0.326 e. The second-order valence-electron chi connectivity index (χ2n) is 5.39. The molecular formula is C13H24N2O3. The lowest BCUT2D eigenvalue weighted by atomic mass is 9.75. The highest BCUT2D eigenvalue weighted by Gasteiger charge is 2.44. The highest BCUT2D eigenvalue weighted by molar-refractivity contribution is 5.88. The third-order valence-electron chi connectivity index (χ3n) is 3.93. The first-order chi connectivity index (χ1) is 8.44. The quantitative estimate of drug-likeness (QED) is 0.662. The molecule has 1 saturated heterocycles. The van der Waals surface area contributed by atoms with E-state index in [-0.39, 0.29) is 11.8 Å². The Balaban J connectivity index is 2.75. The molecule has 1 heterocycles. The molecule has 0 saturated carbocycles. The molecule has 1 unspecified atom stereocenters. The van der Waals surface area contributed by atoms with Gasteiger partial charge in [0.25, 0.3) is 0 Å². The maximum absolute atomic E-state index is 12.4. The van der Waals surface area contributed by atoms with Gasteiger partial charge in [-0.05, 0) is 25.3 Å². The SMILES string of the molecule is CCC[C@@H](NC(=O)C1(C(C)C)CCNC1)C(=O)O. The van der Waals surface area contributed by atoms with Crippen LogP contribution in [0.4, 0.5) is 0 Å². The monoisotopic (exact) mass is 256 g/mol. The zero-order chi connectivity index (χ0) is 13.8. The number of amides is 1. The van der Waals surface area contributed by atoms with Crippen molar-refractivity contribution in [3.63, 3.8) is 0 Å². The summed E-state index contributed by atoms with van der Waals surface area (Å²) >= 11 is 0. The Hall–Kier alpha value is -1.10. The van der Waals surface area contributed by atoms with Gasteiger partial charge in [0.2, 0.25) is 5.91 Å². The van der Waals surface area contributed by atoms with Crippen molar-refractivity contribution in [2.75, 3.05) is 13.1 Å². The molecule has 5 heteroatoms. The van der Waals surface area contributed by atoms with Crippen LogP contribution in [0.2, 0.25) is 0 Å². The van der Waals surface area contributed by atoms with E-state index in [0.29, 0.717) is 13.0 Å². The molecule has 0 aromatic carbocycles. The molecule has 1 fully saturated rings. The average molecular weight is 256 g/mol. The van der Waals surface area contributed by atoms with Crippen molar-refractivity contribution in [1.29, 1.82) is 0 Å². The van der Waals surface area contributed by atoms with Crippen molar-refractivity contribution >= 4 is 11.9 Å². The number of hydrogen-bond acceptors (Lipinski definition) is 3. The molecular weight excluding hydrogens is 232 g/mol. The first-order valence-corrected chi connectivity index (χ1v) is 6.68. The molecule has 3 N–H and O–H groups in total. The van der Waals surface area contributed by atoms with E-state index in [2.05, 4.69) is 10.6 Å². The van der Waals surface area contributed by atoms with Crippen LogP contribution in [0.5, 0.6) is 0 Å². The Morgan fingerprint density at radius 2 is 2.11 bits per heavy atom. The largest absolute Gasteiger partial charge is 0.480 e. The van der Waals surface area contributed by atoms with Gasteiger partial charge in [0.1, 0.15) is 6.04 Å². The number of nitrogens with one attached hydrogen (secondary N) is 2. The summed E-state index contributed by atoms with van der Waals surface area (Å²) in [6.45, 7) is 7.40. The van der Waals surface area contributed by atoms with Gasteiger partial charge < -0.3 is 15.7 Å². The third-order valence-corrected chi connectivity index (χ3v) is 3.93. The lowest BCUT2D eigenvalue weighted by Gasteiger charge is -2.32. The molecule has 0 spiro atoms. The standard InChI is InChI=1S/C13H24N2O3/c1-4-5-10(11(16)17)15-12(18)13(9(2)3)6-7-14-8-13/h9-10,14H,4-8H2,1-3H3,(H,15,18)(H,16,17)/t10-,13?/m1/s1. The van der Waals surface area contributed by atoms with Crippen LogP contribution in [-0.2, 0) is 9.59 Å². The second-order valence-corrected chi connectivity index (χ2v) is 5.39. The van der Waals surface area contributed by atoms with Gasteiger partial charge in [0.15, 0.2) is 0 Å². The van der Waals surface area contributed by atoms with Gasteiger partial charge in [-0.2, -0.15) is 0 Å². The minimum absolute atomic E-state index is 0.122. The molecule has 0 aliphatic carbocycles. The number of carboxylic acid groups (broad SMARTS) is 1. The topological polar surface area (TPSA) is 78.4 Å². The van der Waals surface area contributed by atoms with Crippen LogP contribution in [-0.4, -0.2) is 36.1 Å². The van der Waals surface area contributed by atoms with Gasteiger partial charge >= 0.3 is 5.97 Å². The first kappa shape index (κ1) is 15.0. The van der Waals surface area contributed by atoms with Crippen LogP contribution in [0.3, 0.4) is 0 Å². The van der Waals surface area contributed by atoms with Crippen molar-refractivity contribution < 1.29 is 14.7 Å². The predicted octanol–water partition coefficient (Wildman–Crippen LogP) is 0.992. The minimum Gasteiger partial charge on any atom is -0.480 e. The second kappa shape index (κ2) is 6.18. The summed E-state index contributed by atoms with van der Waals surface area (Å²) in [5.41, 5.74) is -0.457. The van der Waals surface area contributed by atoms with Gasteiger partial charge in [0.05, 0.1) is 5.41 Å². The lowest BCUT2D eigenvalue weighted by molar-refractivity contribution is -0.144. The summed E-state index contributed by atoms with van der Waals surface area (Å²) in [7, 11) is 0. The van der Waals surface area contributed by atoms with Crippen molar-refractivity contribution in [2.45, 2.75) is 46.1 Å². The van der Waals surface area contributed by atoms with Crippen LogP contribution in [0.15, 0.2) is 0 Å². The molecule has 1 rings (SSSR count). The fourth-order valence-electron chi connectivity index (χ4n) is 2.51. The number of carbonyl (C=O) groups is 2. The van der Waals surface area contributed by atoms with Crippen LogP contribution < -0.4 is 10.6 Å². The van der Waals surface area contributed by atoms with Crippen molar-refractivity contribution in [1.82, 2.24) is 10.6 Å². The molecule has 2 atom stereocenters. The summed E-state index contributed by atoms with van der Waals surface area (Å²) < 4.78 is 0. The van der Waals surface area contributed by atoms with Gasteiger partial charge in [-0.25, -0.2) is 4.79 Å². The van der Waals surface area contributed by atoms with Gasteiger partial charge in [-0.15, -0.1) is 0 Å². The highest BCUT2D eigenvalue weighted by atomic mass is 16.4. The van der Waals surface area contributed by atoms with E-state index in [9.17, 15) is 9.59 Å². The number of aliphatic carboxylic acids is 1. The maximum Gasteiger partial charge on any atom is 0.326 e. The van der Waals surface area contributed by atoms with Crippen molar-refractivity contribution in [2.24, 2.45) is 11.3 Å². The van der Waals surface area contributed by atoms with Crippen LogP contribution >= 0.6 is 0 Å². The van der Waals surface area contributed by atoms with Crippen LogP contribution in [0, 0.1) is 11.3 Å². The Kier molecular flexibility index (Phi) is 5.14. The number of carboxylic acids is 1. The average Bonchev–Trinajstić information content (AvgIpc) is 2.78. The van der Waals surface area contributed by atoms with Crippen molar-refractivity contribution in [3.05, 3.63) is 0 Å². The van der Waals surface area contributed by atoms with E-state index >= 15 is 0 Å². The van der Waals surface area contributed by atoms with E-state index in [1.165, 1.54) is 0 Å². The summed E-state index contributed by atoms with van der Waals surface area (Å²) in [5, 5.41) is 15.0. The molecule has 0 aromatic heterocycles. The molecule has 18 heavy (non-hydrogen) atoms. The molecule has 0 bridgehead atoms. The van der Waals surface area contributed by atoms with Crippen LogP contribution in [0.25, 0.3) is 0 Å². The summed E-state index contributed by atoms with van der Waals surface area (Å²) in [4.78, 5) is 23.5. The van der Waals surface area contributed by atoms with Crippen LogP contribution in [0.1, 0.15) is 40.0 Å². The summed E-state index contributed by atoms with van der Waals surface area (Å²) in [6.07, 6.45) is 1.99. The van der Waals surface area contributed by atoms with Gasteiger partial charge in [-0.1, -0.05) is 27.2 Å². The maximum atomic E-state index is 12.4. The van der Waals surface area contributed by atoms with Gasteiger partial charge in [-0.3, -0.25) is 4.79 Å². The lowest BCUT2D eigenvalue weighted by Crippen LogP contribution is -2.51. The fourth-order valence-corrected chi connectivity index (χ4v) is 2.51. The minimum atomic E-state index is -0.949. The van der Waals surface area contributed by atoms with E-state index in [1.807, 2.05) is 20.8 Å². The molecule has 104 valence electrons. The summed E-state index contributed by atoms with van der Waals surface area (Å²) in [5.74, 6) is -0.873. The normalized spacial score (nSPS) is 25.1. The number of hydrogen-bond donors (Lipinski definition) is 3. The van der Waals surface area contributed by atoms with Crippen molar-refractivity contribution in [3.8, 4) is 0 Å². The number of carbonyl (C=O) groups excluding carboxylic acids is 1. The Morgan fingerprint density at radius 3 is 2.50 bits per heavy atom. The molecule has 0 aromatic rings. The summed E-state index contributed by atoms with van der Waals surface area (Å²) in [6, 6.07) is -0.765. The molecule has 1 aliphatic heterocycles. The van der Waals surface area contributed by atoms with E-state index in [1.54, 1.807) is 0 Å². The van der Waals surface area contributed by atoms with E-state index in [4.69, 9.17) is 5.11 Å². The Bertz CT molecular complexity index is 309. The highest BCUT2D eigenvalue weighted by Crippen LogP contribution is 2.34. The zero-order valence-corrected chi connectivity index (χ0v) is 11.5.